The number of urea groups is 1. The highest BCUT2D eigenvalue weighted by molar-refractivity contribution is 5.93. The van der Waals surface area contributed by atoms with Crippen LogP contribution in [0.2, 0.25) is 0 Å². The molecule has 2 aromatic rings. The van der Waals surface area contributed by atoms with E-state index in [4.69, 9.17) is 4.52 Å². The maximum Gasteiger partial charge on any atom is 0.321 e. The van der Waals surface area contributed by atoms with Crippen molar-refractivity contribution in [1.29, 1.82) is 0 Å². The molecular weight excluding hydrogens is 431 g/mol. The number of nitrogens with one attached hydrogen (secondary N) is 1. The Morgan fingerprint density at radius 2 is 2.00 bits per heavy atom. The van der Waals surface area contributed by atoms with E-state index in [1.165, 1.54) is 18.9 Å². The van der Waals surface area contributed by atoms with Crippen molar-refractivity contribution in [3.8, 4) is 0 Å². The fourth-order valence-electron chi connectivity index (χ4n) is 5.10. The largest absolute Gasteiger partial charge is 0.361 e. The fourth-order valence-corrected chi connectivity index (χ4v) is 5.10. The predicted octanol–water partition coefficient (Wildman–Crippen LogP) is 5.77. The highest BCUT2D eigenvalue weighted by atomic mass is 19.1. The molecule has 1 aromatic heterocycles. The summed E-state index contributed by atoms with van der Waals surface area (Å²) in [4.78, 5) is 17.3. The van der Waals surface area contributed by atoms with Crippen LogP contribution in [0.25, 0.3) is 5.57 Å². The number of likely N-dealkylation sites (tertiary alicyclic amines) is 1. The Kier molecular flexibility index (Phi) is 6.23. The van der Waals surface area contributed by atoms with Gasteiger partial charge in [-0.15, -0.1) is 0 Å². The number of hydrogen-bond donors (Lipinski definition) is 1. The van der Waals surface area contributed by atoms with Gasteiger partial charge in [-0.1, -0.05) is 30.3 Å². The summed E-state index contributed by atoms with van der Waals surface area (Å²) in [5, 5.41) is 7.25. The van der Waals surface area contributed by atoms with Crippen molar-refractivity contribution >= 4 is 17.3 Å². The van der Waals surface area contributed by atoms with Crippen LogP contribution in [0.3, 0.4) is 0 Å². The van der Waals surface area contributed by atoms with Crippen LogP contribution in [0, 0.1) is 5.82 Å². The summed E-state index contributed by atoms with van der Waals surface area (Å²) >= 11 is 0. The molecule has 0 unspecified atom stereocenters. The molecule has 2 fully saturated rings. The summed E-state index contributed by atoms with van der Waals surface area (Å²) in [6.45, 7) is 9.54. The van der Waals surface area contributed by atoms with E-state index in [0.717, 1.165) is 54.9 Å². The molecule has 34 heavy (non-hydrogen) atoms. The maximum absolute atomic E-state index is 14.9. The van der Waals surface area contributed by atoms with Crippen LogP contribution in [-0.2, 0) is 5.41 Å². The molecular formula is C27H35FN4O2. The topological polar surface area (TPSA) is 61.6 Å². The lowest BCUT2D eigenvalue weighted by Gasteiger charge is -2.38. The van der Waals surface area contributed by atoms with E-state index < -0.39 is 5.82 Å². The SMILES string of the molecule is CC(C)N1CC=C(c2cccc(F)c2NC(=O)N2CCC(C)(c3cc(C4CC4)on3)CC2)CC1. The van der Waals surface area contributed by atoms with Crippen LogP contribution < -0.4 is 5.32 Å². The normalized spacial score (nSPS) is 21.0. The number of carbonyl (C=O) groups is 1. The van der Waals surface area contributed by atoms with Gasteiger partial charge >= 0.3 is 6.03 Å². The first-order chi connectivity index (χ1) is 16.3. The molecule has 1 aliphatic carbocycles. The minimum Gasteiger partial charge on any atom is -0.361 e. The number of anilines is 1. The fraction of sp³-hybridized carbons (Fsp3) is 0.556. The zero-order chi connectivity index (χ0) is 23.9. The van der Waals surface area contributed by atoms with E-state index >= 15 is 0 Å². The number of aromatic nitrogens is 1. The quantitative estimate of drug-likeness (QED) is 0.607. The lowest BCUT2D eigenvalue weighted by atomic mass is 9.77. The van der Waals surface area contributed by atoms with Crippen LogP contribution in [0.15, 0.2) is 34.9 Å². The number of piperidine rings is 1. The van der Waals surface area contributed by atoms with Gasteiger partial charge in [-0.3, -0.25) is 4.90 Å². The minimum absolute atomic E-state index is 0.105. The third-order valence-electron chi connectivity index (χ3n) is 7.84. The summed E-state index contributed by atoms with van der Waals surface area (Å²) < 4.78 is 20.4. The molecule has 2 amide bonds. The van der Waals surface area contributed by atoms with Crippen molar-refractivity contribution in [3.63, 3.8) is 0 Å². The molecule has 7 heteroatoms. The number of rotatable bonds is 5. The Balaban J connectivity index is 1.25. The van der Waals surface area contributed by atoms with Crippen LogP contribution in [0.5, 0.6) is 0 Å². The van der Waals surface area contributed by atoms with Gasteiger partial charge in [0.2, 0.25) is 0 Å². The first-order valence-electron chi connectivity index (χ1n) is 12.6. The van der Waals surface area contributed by atoms with Crippen LogP contribution in [-0.4, -0.2) is 53.2 Å². The molecule has 0 spiro atoms. The summed E-state index contributed by atoms with van der Waals surface area (Å²) in [7, 11) is 0. The van der Waals surface area contributed by atoms with E-state index in [1.807, 2.05) is 6.07 Å². The summed E-state index contributed by atoms with van der Waals surface area (Å²) in [5.41, 5.74) is 3.05. The monoisotopic (exact) mass is 466 g/mol. The van der Waals surface area contributed by atoms with Gasteiger partial charge in [-0.05, 0) is 57.6 Å². The molecule has 6 nitrogen and oxygen atoms in total. The highest BCUT2D eigenvalue weighted by Crippen LogP contribution is 2.43. The molecule has 182 valence electrons. The Morgan fingerprint density at radius 3 is 2.65 bits per heavy atom. The van der Waals surface area contributed by atoms with E-state index in [0.29, 0.717) is 25.0 Å². The smallest absolute Gasteiger partial charge is 0.321 e. The first-order valence-corrected chi connectivity index (χ1v) is 12.6. The number of halogens is 1. The second-order valence-corrected chi connectivity index (χ2v) is 10.6. The molecule has 1 saturated carbocycles. The zero-order valence-corrected chi connectivity index (χ0v) is 20.4. The third-order valence-corrected chi connectivity index (χ3v) is 7.84. The van der Waals surface area contributed by atoms with Gasteiger partial charge in [-0.25, -0.2) is 9.18 Å². The van der Waals surface area contributed by atoms with E-state index in [2.05, 4.69) is 48.3 Å². The van der Waals surface area contributed by atoms with Crippen LogP contribution >= 0.6 is 0 Å². The molecule has 0 bridgehead atoms. The molecule has 1 aromatic carbocycles. The molecule has 2 aliphatic heterocycles. The number of para-hydroxylation sites is 1. The highest BCUT2D eigenvalue weighted by Gasteiger charge is 2.38. The molecule has 3 heterocycles. The van der Waals surface area contributed by atoms with Gasteiger partial charge in [0, 0.05) is 55.2 Å². The minimum atomic E-state index is -0.393. The first kappa shape index (κ1) is 23.1. The van der Waals surface area contributed by atoms with E-state index in [9.17, 15) is 9.18 Å². The predicted molar refractivity (Wildman–Crippen MR) is 131 cm³/mol. The molecule has 1 saturated heterocycles. The summed E-state index contributed by atoms with van der Waals surface area (Å²) in [5.74, 6) is 1.14. The standard InChI is InChI=1S/C27H35FN4O2/c1-18(2)31-13-9-19(10-14-31)21-5-4-6-22(28)25(21)29-26(33)32-15-11-27(3,12-16-32)24-17-23(34-30-24)20-7-8-20/h4-6,9,17-18,20H,7-8,10-16H2,1-3H3,(H,29,33). The molecule has 0 radical (unpaired) electrons. The number of benzene rings is 1. The van der Waals surface area contributed by atoms with Crippen molar-refractivity contribution < 1.29 is 13.7 Å². The van der Waals surface area contributed by atoms with Gasteiger partial charge in [0.25, 0.3) is 0 Å². The number of nitrogens with zero attached hydrogens (tertiary/aromatic N) is 3. The summed E-state index contributed by atoms with van der Waals surface area (Å²) in [6, 6.07) is 7.38. The number of hydrogen-bond acceptors (Lipinski definition) is 4. The van der Waals surface area contributed by atoms with Crippen molar-refractivity contribution in [3.05, 3.63) is 53.2 Å². The van der Waals surface area contributed by atoms with E-state index in [1.54, 1.807) is 11.0 Å². The average molecular weight is 467 g/mol. The molecule has 5 rings (SSSR count). The van der Waals surface area contributed by atoms with Gasteiger partial charge in [0.05, 0.1) is 11.4 Å². The van der Waals surface area contributed by atoms with Gasteiger partial charge in [-0.2, -0.15) is 0 Å². The second-order valence-electron chi connectivity index (χ2n) is 10.6. The van der Waals surface area contributed by atoms with Gasteiger partial charge in [0.1, 0.15) is 11.6 Å². The van der Waals surface area contributed by atoms with Crippen LogP contribution in [0.1, 0.15) is 75.8 Å². The van der Waals surface area contributed by atoms with Crippen molar-refractivity contribution in [1.82, 2.24) is 15.0 Å². The third kappa shape index (κ3) is 4.63. The lowest BCUT2D eigenvalue weighted by molar-refractivity contribution is 0.170. The Labute approximate surface area is 201 Å². The molecule has 3 aliphatic rings. The van der Waals surface area contributed by atoms with Gasteiger partial charge in [0.15, 0.2) is 0 Å². The van der Waals surface area contributed by atoms with Gasteiger partial charge < -0.3 is 14.7 Å². The number of carbonyl (C=O) groups excluding carboxylic acids is 1. The zero-order valence-electron chi connectivity index (χ0n) is 20.4. The molecule has 0 atom stereocenters. The maximum atomic E-state index is 14.9. The summed E-state index contributed by atoms with van der Waals surface area (Å²) in [6.07, 6.45) is 6.98. The average Bonchev–Trinajstić information content (AvgIpc) is 3.56. The Morgan fingerprint density at radius 1 is 1.24 bits per heavy atom. The number of amides is 2. The van der Waals surface area contributed by atoms with Crippen LogP contribution in [0.4, 0.5) is 14.9 Å². The molecule has 1 N–H and O–H groups in total. The van der Waals surface area contributed by atoms with Crippen molar-refractivity contribution in [2.75, 3.05) is 31.5 Å². The van der Waals surface area contributed by atoms with Crippen molar-refractivity contribution in [2.45, 2.75) is 70.3 Å². The Hall–Kier alpha value is -2.67. The lowest BCUT2D eigenvalue weighted by Crippen LogP contribution is -2.45. The van der Waals surface area contributed by atoms with E-state index in [-0.39, 0.29) is 17.1 Å². The van der Waals surface area contributed by atoms with Crippen molar-refractivity contribution in [2.24, 2.45) is 0 Å². The Bertz CT molecular complexity index is 1080. The second kappa shape index (κ2) is 9.17.